The Bertz CT molecular complexity index is 1010. The van der Waals surface area contributed by atoms with Crippen molar-refractivity contribution >= 4 is 15.9 Å². The molecule has 0 bridgehead atoms. The highest BCUT2D eigenvalue weighted by atomic mass is 32.2. The Morgan fingerprint density at radius 3 is 2.56 bits per heavy atom. The molecule has 0 aliphatic carbocycles. The van der Waals surface area contributed by atoms with Crippen LogP contribution in [0.2, 0.25) is 0 Å². The molecular weight excluding hydrogens is 424 g/mol. The molecule has 8 heteroatoms. The van der Waals surface area contributed by atoms with Gasteiger partial charge in [0.05, 0.1) is 0 Å². The Balaban J connectivity index is 1.34. The first-order valence-electron chi connectivity index (χ1n) is 11.6. The van der Waals surface area contributed by atoms with Crippen LogP contribution < -0.4 is 5.32 Å². The zero-order valence-electron chi connectivity index (χ0n) is 18.9. The van der Waals surface area contributed by atoms with E-state index in [1.54, 1.807) is 17.8 Å². The molecule has 0 radical (unpaired) electrons. The van der Waals surface area contributed by atoms with E-state index in [0.717, 1.165) is 51.7 Å². The second-order valence-electron chi connectivity index (χ2n) is 9.08. The number of nitrogens with one attached hydrogen (secondary N) is 1. The van der Waals surface area contributed by atoms with Gasteiger partial charge in [-0.2, -0.15) is 4.31 Å². The molecule has 32 heavy (non-hydrogen) atoms. The third-order valence-electron chi connectivity index (χ3n) is 6.57. The van der Waals surface area contributed by atoms with Crippen LogP contribution in [0.1, 0.15) is 48.2 Å². The minimum absolute atomic E-state index is 0.207. The van der Waals surface area contributed by atoms with Crippen molar-refractivity contribution in [1.29, 1.82) is 0 Å². The summed E-state index contributed by atoms with van der Waals surface area (Å²) in [5.41, 5.74) is 1.70. The molecule has 1 atom stereocenters. The predicted octanol–water partition coefficient (Wildman–Crippen LogP) is 2.84. The van der Waals surface area contributed by atoms with Gasteiger partial charge < -0.3 is 9.88 Å². The van der Waals surface area contributed by atoms with Gasteiger partial charge in [0, 0.05) is 46.0 Å². The molecule has 2 saturated heterocycles. The summed E-state index contributed by atoms with van der Waals surface area (Å²) in [6, 6.07) is 12.0. The Labute approximate surface area is 191 Å². The minimum atomic E-state index is -3.54. The highest BCUT2D eigenvalue weighted by Crippen LogP contribution is 2.23. The summed E-state index contributed by atoms with van der Waals surface area (Å²) in [6.45, 7) is 4.68. The lowest BCUT2D eigenvalue weighted by atomic mass is 9.97. The quantitative estimate of drug-likeness (QED) is 0.692. The maximum atomic E-state index is 12.9. The average molecular weight is 459 g/mol. The summed E-state index contributed by atoms with van der Waals surface area (Å²) < 4.78 is 29.0. The topological polar surface area (TPSA) is 74.6 Å². The molecule has 2 fully saturated rings. The number of aromatic nitrogens is 1. The molecule has 1 amide bonds. The number of piperidine rings is 2. The SMILES string of the molecule is Cn1cc(S(=O)(=O)N2CCCCC2)cc1C(=O)NCC1CCCN(Cc2ccccc2)C1. The number of rotatable bonds is 7. The van der Waals surface area contributed by atoms with Gasteiger partial charge in [0.25, 0.3) is 5.91 Å². The van der Waals surface area contributed by atoms with Crippen molar-refractivity contribution in [3.63, 3.8) is 0 Å². The first-order valence-corrected chi connectivity index (χ1v) is 13.1. The monoisotopic (exact) mass is 458 g/mol. The van der Waals surface area contributed by atoms with Gasteiger partial charge in [-0.1, -0.05) is 36.8 Å². The van der Waals surface area contributed by atoms with Crippen LogP contribution in [-0.4, -0.2) is 60.8 Å². The Kier molecular flexibility index (Phi) is 7.33. The van der Waals surface area contributed by atoms with Gasteiger partial charge in [0.2, 0.25) is 10.0 Å². The van der Waals surface area contributed by atoms with Crippen molar-refractivity contribution in [2.24, 2.45) is 13.0 Å². The minimum Gasteiger partial charge on any atom is -0.350 e. The lowest BCUT2D eigenvalue weighted by molar-refractivity contribution is 0.0922. The standard InChI is InChI=1S/C24H34N4O3S/c1-26-19-22(32(30,31)28-13-6-3-7-14-28)15-23(26)24(29)25-16-21-11-8-12-27(18-21)17-20-9-4-2-5-10-20/h2,4-5,9-10,15,19,21H,3,6-8,11-14,16-18H2,1H3,(H,25,29). The van der Waals surface area contributed by atoms with Gasteiger partial charge in [-0.3, -0.25) is 9.69 Å². The fraction of sp³-hybridized carbons (Fsp3) is 0.542. The van der Waals surface area contributed by atoms with E-state index in [1.165, 1.54) is 15.9 Å². The van der Waals surface area contributed by atoms with Gasteiger partial charge in [0.15, 0.2) is 0 Å². The van der Waals surface area contributed by atoms with E-state index in [0.29, 0.717) is 31.2 Å². The lowest BCUT2D eigenvalue weighted by Gasteiger charge is -2.32. The first kappa shape index (κ1) is 23.0. The number of hydrogen-bond acceptors (Lipinski definition) is 4. The van der Waals surface area contributed by atoms with E-state index in [9.17, 15) is 13.2 Å². The summed E-state index contributed by atoms with van der Waals surface area (Å²) in [5, 5.41) is 3.04. The first-order chi connectivity index (χ1) is 15.4. The molecule has 2 aliphatic rings. The van der Waals surface area contributed by atoms with Crippen molar-refractivity contribution < 1.29 is 13.2 Å². The molecule has 1 N–H and O–H groups in total. The largest absolute Gasteiger partial charge is 0.350 e. The summed E-state index contributed by atoms with van der Waals surface area (Å²) in [7, 11) is -1.82. The van der Waals surface area contributed by atoms with E-state index in [1.807, 2.05) is 6.07 Å². The maximum Gasteiger partial charge on any atom is 0.267 e. The molecule has 2 aromatic rings. The van der Waals surface area contributed by atoms with Crippen LogP contribution in [-0.2, 0) is 23.6 Å². The summed E-state index contributed by atoms with van der Waals surface area (Å²) in [4.78, 5) is 15.5. The Hall–Kier alpha value is -2.16. The van der Waals surface area contributed by atoms with E-state index >= 15 is 0 Å². The van der Waals surface area contributed by atoms with Crippen molar-refractivity contribution in [2.75, 3.05) is 32.7 Å². The zero-order valence-corrected chi connectivity index (χ0v) is 19.7. The Morgan fingerprint density at radius 1 is 1.06 bits per heavy atom. The molecule has 3 heterocycles. The van der Waals surface area contributed by atoms with Crippen molar-refractivity contribution in [2.45, 2.75) is 43.5 Å². The van der Waals surface area contributed by atoms with Crippen molar-refractivity contribution in [3.05, 3.63) is 53.9 Å². The molecule has 7 nitrogen and oxygen atoms in total. The van der Waals surface area contributed by atoms with Crippen LogP contribution >= 0.6 is 0 Å². The molecule has 0 saturated carbocycles. The predicted molar refractivity (Wildman–Crippen MR) is 125 cm³/mol. The number of benzene rings is 1. The summed E-state index contributed by atoms with van der Waals surface area (Å²) in [6.07, 6.45) is 6.62. The molecule has 1 unspecified atom stereocenters. The molecule has 0 spiro atoms. The normalized spacial score (nSPS) is 20.8. The van der Waals surface area contributed by atoms with Crippen LogP contribution in [0.25, 0.3) is 0 Å². The molecule has 4 rings (SSSR count). The summed E-state index contributed by atoms with van der Waals surface area (Å²) in [5.74, 6) is 0.181. The van der Waals surface area contributed by atoms with Gasteiger partial charge in [0.1, 0.15) is 10.6 Å². The number of likely N-dealkylation sites (tertiary alicyclic amines) is 1. The van der Waals surface area contributed by atoms with Crippen LogP contribution in [0, 0.1) is 5.92 Å². The van der Waals surface area contributed by atoms with Gasteiger partial charge in [-0.05, 0) is 49.8 Å². The molecular formula is C24H34N4O3S. The second kappa shape index (κ2) is 10.2. The lowest BCUT2D eigenvalue weighted by Crippen LogP contribution is -2.40. The van der Waals surface area contributed by atoms with Crippen LogP contribution in [0.15, 0.2) is 47.5 Å². The Morgan fingerprint density at radius 2 is 1.81 bits per heavy atom. The molecule has 174 valence electrons. The van der Waals surface area contributed by atoms with Crippen LogP contribution in [0.4, 0.5) is 0 Å². The number of nitrogens with zero attached hydrogens (tertiary/aromatic N) is 3. The van der Waals surface area contributed by atoms with Crippen LogP contribution in [0.3, 0.4) is 0 Å². The molecule has 1 aromatic carbocycles. The number of aryl methyl sites for hydroxylation is 1. The highest BCUT2D eigenvalue weighted by Gasteiger charge is 2.29. The van der Waals surface area contributed by atoms with E-state index in [2.05, 4.69) is 34.5 Å². The number of hydrogen-bond donors (Lipinski definition) is 1. The third kappa shape index (κ3) is 5.42. The molecule has 2 aliphatic heterocycles. The summed E-state index contributed by atoms with van der Waals surface area (Å²) >= 11 is 0. The number of carbonyl (C=O) groups excluding carboxylic acids is 1. The maximum absolute atomic E-state index is 12.9. The van der Waals surface area contributed by atoms with Gasteiger partial charge >= 0.3 is 0 Å². The van der Waals surface area contributed by atoms with Crippen molar-refractivity contribution in [3.8, 4) is 0 Å². The van der Waals surface area contributed by atoms with Gasteiger partial charge in [-0.15, -0.1) is 0 Å². The van der Waals surface area contributed by atoms with Crippen LogP contribution in [0.5, 0.6) is 0 Å². The van der Waals surface area contributed by atoms with Gasteiger partial charge in [-0.25, -0.2) is 8.42 Å². The molecule has 1 aromatic heterocycles. The third-order valence-corrected chi connectivity index (χ3v) is 8.43. The van der Waals surface area contributed by atoms with E-state index < -0.39 is 10.0 Å². The van der Waals surface area contributed by atoms with E-state index in [4.69, 9.17) is 0 Å². The zero-order chi connectivity index (χ0) is 22.6. The number of carbonyl (C=O) groups is 1. The van der Waals surface area contributed by atoms with E-state index in [-0.39, 0.29) is 10.8 Å². The fourth-order valence-electron chi connectivity index (χ4n) is 4.79. The fourth-order valence-corrected chi connectivity index (χ4v) is 6.38. The average Bonchev–Trinajstić information content (AvgIpc) is 3.21. The highest BCUT2D eigenvalue weighted by molar-refractivity contribution is 7.89. The van der Waals surface area contributed by atoms with Crippen molar-refractivity contribution in [1.82, 2.24) is 19.1 Å². The smallest absolute Gasteiger partial charge is 0.267 e. The number of sulfonamides is 1. The second-order valence-corrected chi connectivity index (χ2v) is 11.0. The number of amides is 1.